The topological polar surface area (TPSA) is 30.5 Å². The molecule has 0 aromatic rings. The highest BCUT2D eigenvalue weighted by Gasteiger charge is 2.17. The molecule has 2 unspecified atom stereocenters. The van der Waals surface area contributed by atoms with Gasteiger partial charge in [0, 0.05) is 19.8 Å². The Hall–Kier alpha value is -0.120. The molecule has 15 heavy (non-hydrogen) atoms. The van der Waals surface area contributed by atoms with E-state index in [0.29, 0.717) is 6.61 Å². The van der Waals surface area contributed by atoms with Gasteiger partial charge in [-0.05, 0) is 38.1 Å². The summed E-state index contributed by atoms with van der Waals surface area (Å²) in [6.07, 6.45) is 5.07. The molecule has 90 valence electrons. The van der Waals surface area contributed by atoms with Crippen molar-refractivity contribution in [2.24, 2.45) is 5.92 Å². The molecule has 1 aliphatic rings. The summed E-state index contributed by atoms with van der Waals surface area (Å²) in [7, 11) is 1.71. The molecule has 1 N–H and O–H groups in total. The fourth-order valence-corrected chi connectivity index (χ4v) is 2.12. The molecule has 0 aromatic heterocycles. The van der Waals surface area contributed by atoms with Gasteiger partial charge in [0.05, 0.1) is 13.2 Å². The number of piperidine rings is 1. The maximum atomic E-state index is 5.44. The van der Waals surface area contributed by atoms with Crippen LogP contribution in [0.3, 0.4) is 0 Å². The van der Waals surface area contributed by atoms with Crippen molar-refractivity contribution in [3.05, 3.63) is 0 Å². The van der Waals surface area contributed by atoms with E-state index < -0.39 is 0 Å². The molecule has 0 aliphatic carbocycles. The Kier molecular flexibility index (Phi) is 6.98. The highest BCUT2D eigenvalue weighted by atomic mass is 16.5. The first-order chi connectivity index (χ1) is 7.33. The van der Waals surface area contributed by atoms with Crippen LogP contribution in [0, 0.1) is 5.92 Å². The van der Waals surface area contributed by atoms with Gasteiger partial charge in [-0.15, -0.1) is 0 Å². The van der Waals surface area contributed by atoms with Gasteiger partial charge in [0.25, 0.3) is 0 Å². The molecule has 0 aromatic carbocycles. The van der Waals surface area contributed by atoms with Gasteiger partial charge in [-0.25, -0.2) is 0 Å². The molecule has 1 rings (SSSR count). The highest BCUT2D eigenvalue weighted by Crippen LogP contribution is 2.17. The SMILES string of the molecule is COCCOCCCC1CC(C)CCN1. The smallest absolute Gasteiger partial charge is 0.0700 e. The second-order valence-electron chi connectivity index (χ2n) is 4.53. The minimum absolute atomic E-state index is 0.707. The van der Waals surface area contributed by atoms with Crippen LogP contribution in [0.1, 0.15) is 32.6 Å². The summed E-state index contributed by atoms with van der Waals surface area (Å²) < 4.78 is 10.4. The molecule has 1 aliphatic heterocycles. The Morgan fingerprint density at radius 2 is 2.13 bits per heavy atom. The molecule has 1 fully saturated rings. The molecule has 0 amide bonds. The van der Waals surface area contributed by atoms with Crippen molar-refractivity contribution in [2.45, 2.75) is 38.6 Å². The van der Waals surface area contributed by atoms with Crippen LogP contribution in [-0.2, 0) is 9.47 Å². The Bertz CT molecular complexity index is 153. The fourth-order valence-electron chi connectivity index (χ4n) is 2.12. The van der Waals surface area contributed by atoms with Crippen LogP contribution >= 0.6 is 0 Å². The summed E-state index contributed by atoms with van der Waals surface area (Å²) in [5.41, 5.74) is 0. The number of nitrogens with one attached hydrogen (secondary N) is 1. The lowest BCUT2D eigenvalue weighted by molar-refractivity contribution is 0.0671. The van der Waals surface area contributed by atoms with Gasteiger partial charge >= 0.3 is 0 Å². The lowest BCUT2D eigenvalue weighted by Crippen LogP contribution is -2.37. The first kappa shape index (κ1) is 12.9. The number of rotatable bonds is 7. The van der Waals surface area contributed by atoms with Crippen LogP contribution in [0.15, 0.2) is 0 Å². The van der Waals surface area contributed by atoms with Crippen LogP contribution in [0.5, 0.6) is 0 Å². The second-order valence-corrected chi connectivity index (χ2v) is 4.53. The quantitative estimate of drug-likeness (QED) is 0.657. The monoisotopic (exact) mass is 215 g/mol. The number of hydrogen-bond donors (Lipinski definition) is 1. The minimum Gasteiger partial charge on any atom is -0.382 e. The summed E-state index contributed by atoms with van der Waals surface area (Å²) in [6.45, 7) is 5.85. The first-order valence-electron chi connectivity index (χ1n) is 6.13. The molecule has 2 atom stereocenters. The van der Waals surface area contributed by atoms with E-state index in [2.05, 4.69) is 12.2 Å². The van der Waals surface area contributed by atoms with E-state index in [0.717, 1.165) is 31.6 Å². The van der Waals surface area contributed by atoms with E-state index in [1.165, 1.54) is 25.8 Å². The van der Waals surface area contributed by atoms with Gasteiger partial charge in [-0.1, -0.05) is 6.92 Å². The maximum absolute atomic E-state index is 5.44. The van der Waals surface area contributed by atoms with Crippen molar-refractivity contribution in [1.29, 1.82) is 0 Å². The molecule has 0 bridgehead atoms. The Morgan fingerprint density at radius 1 is 1.27 bits per heavy atom. The third-order valence-corrected chi connectivity index (χ3v) is 3.03. The zero-order valence-corrected chi connectivity index (χ0v) is 10.1. The summed E-state index contributed by atoms with van der Waals surface area (Å²) in [5, 5.41) is 3.57. The number of methoxy groups -OCH3 is 1. The third kappa shape index (κ3) is 6.13. The summed E-state index contributed by atoms with van der Waals surface area (Å²) in [4.78, 5) is 0. The van der Waals surface area contributed by atoms with Crippen LogP contribution < -0.4 is 5.32 Å². The molecular weight excluding hydrogens is 190 g/mol. The molecule has 1 saturated heterocycles. The van der Waals surface area contributed by atoms with E-state index in [1.807, 2.05) is 0 Å². The van der Waals surface area contributed by atoms with Gasteiger partial charge < -0.3 is 14.8 Å². The van der Waals surface area contributed by atoms with Gasteiger partial charge in [0.15, 0.2) is 0 Å². The summed E-state index contributed by atoms with van der Waals surface area (Å²) in [5.74, 6) is 0.894. The van der Waals surface area contributed by atoms with Gasteiger partial charge in [-0.2, -0.15) is 0 Å². The molecule has 3 nitrogen and oxygen atoms in total. The summed E-state index contributed by atoms with van der Waals surface area (Å²) in [6, 6.07) is 0.722. The van der Waals surface area contributed by atoms with Gasteiger partial charge in [-0.3, -0.25) is 0 Å². The number of ether oxygens (including phenoxy) is 2. The molecule has 1 heterocycles. The zero-order chi connectivity index (χ0) is 10.9. The zero-order valence-electron chi connectivity index (χ0n) is 10.1. The fraction of sp³-hybridized carbons (Fsp3) is 1.00. The molecule has 0 spiro atoms. The lowest BCUT2D eigenvalue weighted by atomic mass is 9.92. The van der Waals surface area contributed by atoms with Gasteiger partial charge in [0.1, 0.15) is 0 Å². The predicted octanol–water partition coefficient (Wildman–Crippen LogP) is 1.82. The standard InChI is InChI=1S/C12H25NO2/c1-11-5-6-13-12(10-11)4-3-7-15-9-8-14-2/h11-13H,3-10H2,1-2H3. The van der Waals surface area contributed by atoms with Crippen molar-refractivity contribution < 1.29 is 9.47 Å². The van der Waals surface area contributed by atoms with E-state index in [4.69, 9.17) is 9.47 Å². The van der Waals surface area contributed by atoms with Crippen LogP contribution in [-0.4, -0.2) is 39.5 Å². The van der Waals surface area contributed by atoms with Crippen LogP contribution in [0.25, 0.3) is 0 Å². The molecular formula is C12H25NO2. The van der Waals surface area contributed by atoms with Crippen molar-refractivity contribution >= 4 is 0 Å². The summed E-state index contributed by atoms with van der Waals surface area (Å²) >= 11 is 0. The Labute approximate surface area is 93.5 Å². The molecule has 0 radical (unpaired) electrons. The average molecular weight is 215 g/mol. The lowest BCUT2D eigenvalue weighted by Gasteiger charge is -2.28. The first-order valence-corrected chi connectivity index (χ1v) is 6.13. The van der Waals surface area contributed by atoms with Crippen molar-refractivity contribution in [3.8, 4) is 0 Å². The van der Waals surface area contributed by atoms with E-state index in [-0.39, 0.29) is 0 Å². The minimum atomic E-state index is 0.707. The van der Waals surface area contributed by atoms with E-state index >= 15 is 0 Å². The molecule has 3 heteroatoms. The Morgan fingerprint density at radius 3 is 2.87 bits per heavy atom. The normalized spacial score (nSPS) is 26.8. The second kappa shape index (κ2) is 8.08. The Balaban J connectivity index is 1.90. The average Bonchev–Trinajstić information content (AvgIpc) is 2.23. The van der Waals surface area contributed by atoms with Crippen molar-refractivity contribution in [3.63, 3.8) is 0 Å². The number of hydrogen-bond acceptors (Lipinski definition) is 3. The highest BCUT2D eigenvalue weighted by molar-refractivity contribution is 4.75. The van der Waals surface area contributed by atoms with Gasteiger partial charge in [0.2, 0.25) is 0 Å². The largest absolute Gasteiger partial charge is 0.382 e. The van der Waals surface area contributed by atoms with Crippen LogP contribution in [0.4, 0.5) is 0 Å². The van der Waals surface area contributed by atoms with E-state index in [9.17, 15) is 0 Å². The van der Waals surface area contributed by atoms with E-state index in [1.54, 1.807) is 7.11 Å². The van der Waals surface area contributed by atoms with Crippen molar-refractivity contribution in [2.75, 3.05) is 33.5 Å². The predicted molar refractivity (Wildman–Crippen MR) is 62.1 cm³/mol. The third-order valence-electron chi connectivity index (χ3n) is 3.03. The maximum Gasteiger partial charge on any atom is 0.0700 e. The van der Waals surface area contributed by atoms with Crippen molar-refractivity contribution in [1.82, 2.24) is 5.32 Å². The molecule has 0 saturated carbocycles. The van der Waals surface area contributed by atoms with Crippen LogP contribution in [0.2, 0.25) is 0 Å².